The van der Waals surface area contributed by atoms with Crippen LogP contribution in [-0.2, 0) is 16.0 Å². The SMILES string of the molecule is CC1(C)CC(=O)C2=C(C1)Nc1ccccc1N(C(=O)CCc1ccccc1)C2c1ccc(Cl)cc1Cl. The lowest BCUT2D eigenvalue weighted by atomic mass is 9.73. The van der Waals surface area contributed by atoms with Gasteiger partial charge in [-0.1, -0.05) is 85.6 Å². The van der Waals surface area contributed by atoms with Gasteiger partial charge < -0.3 is 5.32 Å². The van der Waals surface area contributed by atoms with Crippen LogP contribution in [0.3, 0.4) is 0 Å². The van der Waals surface area contributed by atoms with E-state index in [1.807, 2.05) is 60.7 Å². The highest BCUT2D eigenvalue weighted by atomic mass is 35.5. The predicted octanol–water partition coefficient (Wildman–Crippen LogP) is 7.77. The molecule has 1 unspecified atom stereocenters. The molecule has 5 rings (SSSR count). The van der Waals surface area contributed by atoms with E-state index in [9.17, 15) is 9.59 Å². The molecule has 0 radical (unpaired) electrons. The summed E-state index contributed by atoms with van der Waals surface area (Å²) in [6, 6.07) is 22.3. The predicted molar refractivity (Wildman–Crippen MR) is 147 cm³/mol. The number of halogens is 2. The number of allylic oxidation sites excluding steroid dienone is 1. The lowest BCUT2D eigenvalue weighted by molar-refractivity contribution is -0.119. The third kappa shape index (κ3) is 4.80. The minimum atomic E-state index is -0.659. The fraction of sp³-hybridized carbons (Fsp3) is 0.267. The van der Waals surface area contributed by atoms with E-state index in [-0.39, 0.29) is 17.1 Å². The van der Waals surface area contributed by atoms with Gasteiger partial charge in [-0.05, 0) is 53.6 Å². The van der Waals surface area contributed by atoms with Gasteiger partial charge >= 0.3 is 0 Å². The summed E-state index contributed by atoms with van der Waals surface area (Å²) in [6.07, 6.45) is 1.98. The molecule has 0 saturated heterocycles. The number of anilines is 2. The van der Waals surface area contributed by atoms with Gasteiger partial charge in [0.1, 0.15) is 0 Å². The van der Waals surface area contributed by atoms with Crippen molar-refractivity contribution in [2.45, 2.75) is 45.6 Å². The average Bonchev–Trinajstić information content (AvgIpc) is 2.97. The fourth-order valence-electron chi connectivity index (χ4n) is 5.30. The minimum Gasteiger partial charge on any atom is -0.357 e. The Morgan fingerprint density at radius 3 is 2.47 bits per heavy atom. The highest BCUT2D eigenvalue weighted by molar-refractivity contribution is 6.35. The van der Waals surface area contributed by atoms with Crippen molar-refractivity contribution in [3.8, 4) is 0 Å². The van der Waals surface area contributed by atoms with Gasteiger partial charge in [-0.25, -0.2) is 0 Å². The third-order valence-corrected chi connectivity index (χ3v) is 7.46. The van der Waals surface area contributed by atoms with Crippen molar-refractivity contribution in [3.63, 3.8) is 0 Å². The van der Waals surface area contributed by atoms with Crippen molar-refractivity contribution < 1.29 is 9.59 Å². The number of nitrogens with zero attached hydrogens (tertiary/aromatic N) is 1. The number of ketones is 1. The number of hydrogen-bond acceptors (Lipinski definition) is 3. The van der Waals surface area contributed by atoms with Gasteiger partial charge in [0, 0.05) is 34.2 Å². The first-order chi connectivity index (χ1) is 17.2. The van der Waals surface area contributed by atoms with Crippen LogP contribution < -0.4 is 10.2 Å². The second-order valence-electron chi connectivity index (χ2n) is 10.3. The maximum atomic E-state index is 14.1. The van der Waals surface area contributed by atoms with E-state index in [2.05, 4.69) is 19.2 Å². The summed E-state index contributed by atoms with van der Waals surface area (Å²) in [7, 11) is 0. The maximum absolute atomic E-state index is 14.1. The second-order valence-corrected chi connectivity index (χ2v) is 11.1. The molecule has 1 aliphatic heterocycles. The van der Waals surface area contributed by atoms with E-state index in [1.165, 1.54) is 0 Å². The number of fused-ring (bicyclic) bond motifs is 1. The standard InChI is InChI=1S/C30H28Cl2N2O2/c1-30(2)17-24-28(26(35)18-30)29(21-14-13-20(31)16-22(21)32)34(25-11-7-6-10-23(25)33-24)27(36)15-12-19-8-4-3-5-9-19/h3-11,13-14,16,29,33H,12,15,17-18H2,1-2H3. The molecule has 1 atom stereocenters. The summed E-state index contributed by atoms with van der Waals surface area (Å²) in [6.45, 7) is 4.19. The largest absolute Gasteiger partial charge is 0.357 e. The van der Waals surface area contributed by atoms with Gasteiger partial charge in [-0.15, -0.1) is 0 Å². The van der Waals surface area contributed by atoms with Crippen LogP contribution in [0.4, 0.5) is 11.4 Å². The molecule has 36 heavy (non-hydrogen) atoms. The molecule has 1 N–H and O–H groups in total. The number of rotatable bonds is 4. The second kappa shape index (κ2) is 9.76. The van der Waals surface area contributed by atoms with E-state index >= 15 is 0 Å². The Balaban J connectivity index is 1.68. The van der Waals surface area contributed by atoms with E-state index in [0.29, 0.717) is 46.9 Å². The van der Waals surface area contributed by atoms with E-state index < -0.39 is 6.04 Å². The molecule has 1 aliphatic carbocycles. The monoisotopic (exact) mass is 518 g/mol. The van der Waals surface area contributed by atoms with Crippen LogP contribution in [-0.4, -0.2) is 11.7 Å². The molecular formula is C30H28Cl2N2O2. The first-order valence-electron chi connectivity index (χ1n) is 12.2. The Morgan fingerprint density at radius 2 is 1.72 bits per heavy atom. The Hall–Kier alpha value is -3.08. The Kier molecular flexibility index (Phi) is 6.67. The molecule has 0 fully saturated rings. The lowest BCUT2D eigenvalue weighted by Crippen LogP contribution is -2.39. The summed E-state index contributed by atoms with van der Waals surface area (Å²) in [5.41, 5.74) is 4.55. The van der Waals surface area contributed by atoms with Crippen molar-refractivity contribution in [1.29, 1.82) is 0 Å². The first-order valence-corrected chi connectivity index (χ1v) is 12.9. The van der Waals surface area contributed by atoms with Gasteiger partial charge in [-0.2, -0.15) is 0 Å². The van der Waals surface area contributed by atoms with Crippen LogP contribution >= 0.6 is 23.2 Å². The zero-order valence-corrected chi connectivity index (χ0v) is 21.9. The summed E-state index contributed by atoms with van der Waals surface area (Å²) in [5, 5.41) is 4.46. The molecule has 3 aromatic carbocycles. The van der Waals surface area contributed by atoms with Crippen LogP contribution in [0.25, 0.3) is 0 Å². The Morgan fingerprint density at radius 1 is 1.00 bits per heavy atom. The number of hydrogen-bond donors (Lipinski definition) is 1. The molecule has 0 aromatic heterocycles. The van der Waals surface area contributed by atoms with Crippen LogP contribution in [0.5, 0.6) is 0 Å². The number of nitrogens with one attached hydrogen (secondary N) is 1. The van der Waals surface area contributed by atoms with Gasteiger partial charge in [0.2, 0.25) is 5.91 Å². The van der Waals surface area contributed by atoms with Gasteiger partial charge in [0.25, 0.3) is 0 Å². The Bertz CT molecular complexity index is 1360. The maximum Gasteiger partial charge on any atom is 0.228 e. The zero-order chi connectivity index (χ0) is 25.4. The summed E-state index contributed by atoms with van der Waals surface area (Å²) >= 11 is 13.0. The fourth-order valence-corrected chi connectivity index (χ4v) is 5.81. The minimum absolute atomic E-state index is 0.0263. The molecule has 0 bridgehead atoms. The van der Waals surface area contributed by atoms with E-state index in [4.69, 9.17) is 23.2 Å². The van der Waals surface area contributed by atoms with Crippen molar-refractivity contribution in [1.82, 2.24) is 0 Å². The number of amides is 1. The van der Waals surface area contributed by atoms with Gasteiger partial charge in [-0.3, -0.25) is 14.5 Å². The topological polar surface area (TPSA) is 49.4 Å². The average molecular weight is 519 g/mol. The van der Waals surface area contributed by atoms with Crippen LogP contribution in [0.1, 0.15) is 50.3 Å². The molecule has 1 amide bonds. The van der Waals surface area contributed by atoms with Crippen molar-refractivity contribution >= 4 is 46.3 Å². The van der Waals surface area contributed by atoms with Crippen LogP contribution in [0.2, 0.25) is 10.0 Å². The molecule has 0 spiro atoms. The smallest absolute Gasteiger partial charge is 0.228 e. The van der Waals surface area contributed by atoms with E-state index in [1.54, 1.807) is 17.0 Å². The number of para-hydroxylation sites is 2. The number of carbonyl (C=O) groups excluding carboxylic acids is 2. The lowest BCUT2D eigenvalue weighted by Gasteiger charge is -2.37. The summed E-state index contributed by atoms with van der Waals surface area (Å²) in [5.74, 6) is -0.0473. The molecule has 3 aromatic rings. The van der Waals surface area contributed by atoms with Crippen molar-refractivity contribution in [3.05, 3.63) is 105 Å². The third-order valence-electron chi connectivity index (χ3n) is 6.90. The number of aryl methyl sites for hydroxylation is 1. The van der Waals surface area contributed by atoms with Crippen LogP contribution in [0, 0.1) is 5.41 Å². The van der Waals surface area contributed by atoms with Crippen molar-refractivity contribution in [2.24, 2.45) is 5.41 Å². The molecule has 1 heterocycles. The normalized spacial score (nSPS) is 18.7. The molecule has 6 heteroatoms. The molecular weight excluding hydrogens is 491 g/mol. The zero-order valence-electron chi connectivity index (χ0n) is 20.4. The number of Topliss-reactive ketones (excluding diaryl/α,β-unsaturated/α-hetero) is 1. The van der Waals surface area contributed by atoms with Crippen molar-refractivity contribution in [2.75, 3.05) is 10.2 Å². The van der Waals surface area contributed by atoms with Crippen LogP contribution in [0.15, 0.2) is 84.1 Å². The molecule has 4 nitrogen and oxygen atoms in total. The summed E-state index contributed by atoms with van der Waals surface area (Å²) < 4.78 is 0. The van der Waals surface area contributed by atoms with Gasteiger partial charge in [0.05, 0.1) is 17.4 Å². The molecule has 0 saturated carbocycles. The van der Waals surface area contributed by atoms with E-state index in [0.717, 1.165) is 22.6 Å². The summed E-state index contributed by atoms with van der Waals surface area (Å²) in [4.78, 5) is 29.6. The first kappa shape index (κ1) is 24.6. The highest BCUT2D eigenvalue weighted by Gasteiger charge is 2.43. The number of benzene rings is 3. The molecule has 2 aliphatic rings. The van der Waals surface area contributed by atoms with Gasteiger partial charge in [0.15, 0.2) is 5.78 Å². The number of carbonyl (C=O) groups is 2. The Labute approximate surface area is 221 Å². The molecule has 184 valence electrons. The quantitative estimate of drug-likeness (QED) is 0.383. The highest BCUT2D eigenvalue weighted by Crippen LogP contribution is 2.49.